The molecular weight excluding hydrogens is 404 g/mol. The van der Waals surface area contributed by atoms with Crippen LogP contribution in [0.1, 0.15) is 42.5 Å². The molecule has 2 saturated heterocycles. The summed E-state index contributed by atoms with van der Waals surface area (Å²) in [5.41, 5.74) is 0.634. The van der Waals surface area contributed by atoms with Crippen LogP contribution in [0.2, 0.25) is 0 Å². The third kappa shape index (κ3) is 5.42. The molecular formula is C26H32N2O4. The Morgan fingerprint density at radius 3 is 2.28 bits per heavy atom. The van der Waals surface area contributed by atoms with Gasteiger partial charge in [0.05, 0.1) is 7.11 Å². The molecule has 4 rings (SSSR count). The molecule has 0 aromatic heterocycles. The van der Waals surface area contributed by atoms with Crippen molar-refractivity contribution in [2.24, 2.45) is 5.92 Å². The number of para-hydroxylation sites is 1. The molecule has 0 aliphatic carbocycles. The fourth-order valence-electron chi connectivity index (χ4n) is 4.63. The fraction of sp³-hybridized carbons (Fsp3) is 0.462. The van der Waals surface area contributed by atoms with E-state index in [1.807, 2.05) is 40.1 Å². The van der Waals surface area contributed by atoms with E-state index in [0.29, 0.717) is 31.5 Å². The average molecular weight is 437 g/mol. The zero-order chi connectivity index (χ0) is 22.3. The van der Waals surface area contributed by atoms with Gasteiger partial charge < -0.3 is 19.3 Å². The number of nitrogens with zero attached hydrogens (tertiary/aromatic N) is 2. The first-order valence-electron chi connectivity index (χ1n) is 11.6. The van der Waals surface area contributed by atoms with E-state index in [4.69, 9.17) is 9.47 Å². The number of benzene rings is 2. The van der Waals surface area contributed by atoms with Crippen molar-refractivity contribution >= 4 is 11.8 Å². The van der Waals surface area contributed by atoms with Crippen molar-refractivity contribution < 1.29 is 19.1 Å². The Kier molecular flexibility index (Phi) is 7.30. The zero-order valence-electron chi connectivity index (χ0n) is 18.7. The molecule has 0 radical (unpaired) electrons. The van der Waals surface area contributed by atoms with Crippen molar-refractivity contribution in [3.8, 4) is 11.5 Å². The molecule has 6 heteroatoms. The smallest absolute Gasteiger partial charge is 0.253 e. The van der Waals surface area contributed by atoms with E-state index in [1.165, 1.54) is 6.42 Å². The summed E-state index contributed by atoms with van der Waals surface area (Å²) in [6.07, 6.45) is 4.35. The Hall–Kier alpha value is -3.02. The van der Waals surface area contributed by atoms with Gasteiger partial charge in [-0.3, -0.25) is 9.59 Å². The topological polar surface area (TPSA) is 59.1 Å². The minimum absolute atomic E-state index is 0.0127. The molecule has 2 aromatic carbocycles. The van der Waals surface area contributed by atoms with Gasteiger partial charge in [0.2, 0.25) is 5.91 Å². The Morgan fingerprint density at radius 2 is 1.59 bits per heavy atom. The first-order valence-corrected chi connectivity index (χ1v) is 11.6. The van der Waals surface area contributed by atoms with E-state index in [1.54, 1.807) is 31.4 Å². The number of hydrogen-bond acceptors (Lipinski definition) is 4. The number of rotatable bonds is 6. The number of carbonyl (C=O) groups excluding carboxylic acids is 2. The van der Waals surface area contributed by atoms with Crippen LogP contribution in [-0.2, 0) is 4.79 Å². The predicted octanol–water partition coefficient (Wildman–Crippen LogP) is 4.01. The van der Waals surface area contributed by atoms with E-state index >= 15 is 0 Å². The first-order chi connectivity index (χ1) is 15.6. The summed E-state index contributed by atoms with van der Waals surface area (Å²) in [5.74, 6) is 1.65. The Morgan fingerprint density at radius 1 is 0.875 bits per heavy atom. The first kappa shape index (κ1) is 22.2. The SMILES string of the molecule is COc1ccc(C(=O)N2CC[C@H](Oc3ccccc3)[C@@H](CC(=O)N3CCCCC3)C2)cc1. The van der Waals surface area contributed by atoms with E-state index in [-0.39, 0.29) is 23.8 Å². The number of hydrogen-bond donors (Lipinski definition) is 0. The van der Waals surface area contributed by atoms with Gasteiger partial charge in [-0.1, -0.05) is 18.2 Å². The summed E-state index contributed by atoms with van der Waals surface area (Å²) in [5, 5.41) is 0. The summed E-state index contributed by atoms with van der Waals surface area (Å²) in [6, 6.07) is 16.9. The maximum Gasteiger partial charge on any atom is 0.253 e. The lowest BCUT2D eigenvalue weighted by Crippen LogP contribution is -2.49. The highest BCUT2D eigenvalue weighted by molar-refractivity contribution is 5.94. The minimum atomic E-state index is -0.0916. The largest absolute Gasteiger partial charge is 0.497 e. The second-order valence-electron chi connectivity index (χ2n) is 8.64. The van der Waals surface area contributed by atoms with Crippen LogP contribution in [-0.4, -0.2) is 61.0 Å². The highest BCUT2D eigenvalue weighted by Crippen LogP contribution is 2.28. The zero-order valence-corrected chi connectivity index (χ0v) is 18.7. The summed E-state index contributed by atoms with van der Waals surface area (Å²) in [7, 11) is 1.61. The van der Waals surface area contributed by atoms with Crippen molar-refractivity contribution in [1.82, 2.24) is 9.80 Å². The van der Waals surface area contributed by atoms with E-state index in [0.717, 1.165) is 37.4 Å². The molecule has 2 aliphatic heterocycles. The molecule has 0 spiro atoms. The monoisotopic (exact) mass is 436 g/mol. The molecule has 6 nitrogen and oxygen atoms in total. The van der Waals surface area contributed by atoms with Crippen molar-refractivity contribution in [3.63, 3.8) is 0 Å². The number of amides is 2. The molecule has 2 fully saturated rings. The molecule has 2 atom stereocenters. The maximum absolute atomic E-state index is 13.1. The van der Waals surface area contributed by atoms with Gasteiger partial charge in [-0.15, -0.1) is 0 Å². The lowest BCUT2D eigenvalue weighted by Gasteiger charge is -2.39. The summed E-state index contributed by atoms with van der Waals surface area (Å²) < 4.78 is 11.5. The summed E-state index contributed by atoms with van der Waals surface area (Å²) in [6.45, 7) is 2.80. The molecule has 2 amide bonds. The van der Waals surface area contributed by atoms with Gasteiger partial charge >= 0.3 is 0 Å². The van der Waals surface area contributed by atoms with Crippen LogP contribution in [0.3, 0.4) is 0 Å². The quantitative estimate of drug-likeness (QED) is 0.687. The van der Waals surface area contributed by atoms with Crippen LogP contribution in [0.4, 0.5) is 0 Å². The predicted molar refractivity (Wildman–Crippen MR) is 123 cm³/mol. The van der Waals surface area contributed by atoms with Gasteiger partial charge in [0.1, 0.15) is 17.6 Å². The average Bonchev–Trinajstić information content (AvgIpc) is 2.86. The number of piperidine rings is 2. The van der Waals surface area contributed by atoms with Crippen LogP contribution < -0.4 is 9.47 Å². The van der Waals surface area contributed by atoms with Crippen molar-refractivity contribution in [3.05, 3.63) is 60.2 Å². The maximum atomic E-state index is 13.1. The molecule has 2 aliphatic rings. The standard InChI is InChI=1S/C26H32N2O4/c1-31-22-12-10-20(11-13-22)26(30)28-17-14-24(32-23-8-4-2-5-9-23)21(19-28)18-25(29)27-15-6-3-7-16-27/h2,4-5,8-13,21,24H,3,6-7,14-19H2,1H3/t21-,24-/m0/s1. The Bertz CT molecular complexity index is 894. The summed E-state index contributed by atoms with van der Waals surface area (Å²) in [4.78, 5) is 30.0. The molecule has 0 bridgehead atoms. The van der Waals surface area contributed by atoms with Gasteiger partial charge in [-0.2, -0.15) is 0 Å². The van der Waals surface area contributed by atoms with Crippen molar-refractivity contribution in [1.29, 1.82) is 0 Å². The van der Waals surface area contributed by atoms with Crippen LogP contribution >= 0.6 is 0 Å². The Balaban J connectivity index is 1.47. The van der Waals surface area contributed by atoms with E-state index in [9.17, 15) is 9.59 Å². The fourth-order valence-corrected chi connectivity index (χ4v) is 4.63. The second kappa shape index (κ2) is 10.5. The highest BCUT2D eigenvalue weighted by atomic mass is 16.5. The number of ether oxygens (including phenoxy) is 2. The number of likely N-dealkylation sites (tertiary alicyclic amines) is 2. The normalized spacial score (nSPS) is 21.2. The summed E-state index contributed by atoms with van der Waals surface area (Å²) >= 11 is 0. The number of methoxy groups -OCH3 is 1. The molecule has 0 N–H and O–H groups in total. The van der Waals surface area contributed by atoms with Crippen LogP contribution in [0, 0.1) is 5.92 Å². The second-order valence-corrected chi connectivity index (χ2v) is 8.64. The minimum Gasteiger partial charge on any atom is -0.497 e. The number of carbonyl (C=O) groups is 2. The molecule has 2 aromatic rings. The third-order valence-corrected chi connectivity index (χ3v) is 6.46. The van der Waals surface area contributed by atoms with Gasteiger partial charge in [-0.25, -0.2) is 0 Å². The van der Waals surface area contributed by atoms with Crippen LogP contribution in [0.25, 0.3) is 0 Å². The molecule has 32 heavy (non-hydrogen) atoms. The van der Waals surface area contributed by atoms with E-state index in [2.05, 4.69) is 0 Å². The lowest BCUT2D eigenvalue weighted by atomic mass is 9.90. The molecule has 0 saturated carbocycles. The van der Waals surface area contributed by atoms with Gasteiger partial charge in [0.25, 0.3) is 5.91 Å². The van der Waals surface area contributed by atoms with Crippen LogP contribution in [0.5, 0.6) is 11.5 Å². The highest BCUT2D eigenvalue weighted by Gasteiger charge is 2.35. The van der Waals surface area contributed by atoms with Crippen molar-refractivity contribution in [2.45, 2.75) is 38.2 Å². The molecule has 0 unspecified atom stereocenters. The van der Waals surface area contributed by atoms with E-state index < -0.39 is 0 Å². The molecule has 170 valence electrons. The van der Waals surface area contributed by atoms with Gasteiger partial charge in [-0.05, 0) is 55.7 Å². The van der Waals surface area contributed by atoms with Gasteiger partial charge in [0.15, 0.2) is 0 Å². The lowest BCUT2D eigenvalue weighted by molar-refractivity contribution is -0.134. The van der Waals surface area contributed by atoms with Crippen LogP contribution in [0.15, 0.2) is 54.6 Å². The molecule has 2 heterocycles. The Labute approximate surface area is 190 Å². The van der Waals surface area contributed by atoms with Gasteiger partial charge in [0, 0.05) is 50.5 Å². The van der Waals surface area contributed by atoms with Crippen molar-refractivity contribution in [2.75, 3.05) is 33.3 Å². The third-order valence-electron chi connectivity index (χ3n) is 6.46.